The Hall–Kier alpha value is -1.36. The largest absolute Gasteiger partial charge is 0.462 e. The molecule has 0 saturated heterocycles. The molecule has 0 aromatic heterocycles. The lowest BCUT2D eigenvalue weighted by atomic mass is 9.52. The Morgan fingerprint density at radius 1 is 0.972 bits per heavy atom. The molecule has 6 atom stereocenters. The molecule has 0 unspecified atom stereocenters. The van der Waals surface area contributed by atoms with Crippen molar-refractivity contribution in [3.05, 3.63) is 29.3 Å². The molecule has 36 heavy (non-hydrogen) atoms. The second-order valence-corrected chi connectivity index (χ2v) is 12.7. The van der Waals surface area contributed by atoms with Gasteiger partial charge >= 0.3 is 11.9 Å². The number of ether oxygens (including phenoxy) is 2. The summed E-state index contributed by atoms with van der Waals surface area (Å²) in [4.78, 5) is 23.4. The molecule has 0 radical (unpaired) electrons. The van der Waals surface area contributed by atoms with Crippen LogP contribution in [0.15, 0.2) is 18.2 Å². The lowest BCUT2D eigenvalue weighted by Gasteiger charge is -2.53. The highest BCUT2D eigenvalue weighted by Crippen LogP contribution is 2.63. The highest BCUT2D eigenvalue weighted by atomic mass is 79.9. The number of rotatable bonds is 11. The molecule has 3 aliphatic carbocycles. The molecule has 0 bridgehead atoms. The minimum atomic E-state index is -0.257. The molecule has 0 amide bonds. The van der Waals surface area contributed by atoms with E-state index in [9.17, 15) is 9.59 Å². The minimum Gasteiger partial charge on any atom is -0.462 e. The highest BCUT2D eigenvalue weighted by Gasteiger charge is 2.58. The molecule has 4 nitrogen and oxygen atoms in total. The quantitative estimate of drug-likeness (QED) is 0.118. The predicted molar refractivity (Wildman–Crippen MR) is 148 cm³/mol. The Morgan fingerprint density at radius 2 is 1.69 bits per heavy atom. The zero-order valence-corrected chi connectivity index (χ0v) is 24.1. The van der Waals surface area contributed by atoms with Gasteiger partial charge in [0.2, 0.25) is 0 Å². The highest BCUT2D eigenvalue weighted by molar-refractivity contribution is 9.09. The van der Waals surface area contributed by atoms with Crippen LogP contribution in [0.5, 0.6) is 5.75 Å². The van der Waals surface area contributed by atoms with Gasteiger partial charge in [-0.3, -0.25) is 9.59 Å². The SMILES string of the molecule is CC(=O)Oc1ccc2c(c1)C[C@@H](CCCCCCCCCBr)[C@@H]1[C@@H]2CC[C@]2(C)[C@@H](OC(C)=O)CC[C@@H]12. The Balaban J connectivity index is 1.50. The fourth-order valence-corrected chi connectivity index (χ4v) is 8.41. The third-order valence-corrected chi connectivity index (χ3v) is 10.1. The maximum absolute atomic E-state index is 11.9. The van der Waals surface area contributed by atoms with E-state index in [1.807, 2.05) is 6.07 Å². The maximum Gasteiger partial charge on any atom is 0.308 e. The Bertz CT molecular complexity index is 914. The van der Waals surface area contributed by atoms with Crippen molar-refractivity contribution in [2.75, 3.05) is 5.33 Å². The third kappa shape index (κ3) is 6.19. The van der Waals surface area contributed by atoms with Gasteiger partial charge in [0.1, 0.15) is 11.9 Å². The second kappa shape index (κ2) is 12.5. The number of halogens is 1. The van der Waals surface area contributed by atoms with Crippen LogP contribution in [0.3, 0.4) is 0 Å². The molecule has 2 fully saturated rings. The molecule has 1 aromatic carbocycles. The molecule has 0 aliphatic heterocycles. The molecule has 200 valence electrons. The molecular weight excluding hydrogens is 516 g/mol. The Labute approximate surface area is 226 Å². The lowest BCUT2D eigenvalue weighted by Crippen LogP contribution is -2.48. The number of esters is 2. The Kier molecular flexibility index (Phi) is 9.57. The van der Waals surface area contributed by atoms with Crippen LogP contribution in [0.2, 0.25) is 0 Å². The van der Waals surface area contributed by atoms with Crippen molar-refractivity contribution in [2.45, 2.75) is 116 Å². The molecule has 0 heterocycles. The van der Waals surface area contributed by atoms with Crippen LogP contribution in [-0.2, 0) is 20.7 Å². The first-order valence-corrected chi connectivity index (χ1v) is 15.5. The monoisotopic (exact) mass is 560 g/mol. The van der Waals surface area contributed by atoms with Gasteiger partial charge in [0.25, 0.3) is 0 Å². The summed E-state index contributed by atoms with van der Waals surface area (Å²) in [6, 6.07) is 6.35. The normalized spacial score (nSPS) is 30.7. The van der Waals surface area contributed by atoms with E-state index in [2.05, 4.69) is 35.0 Å². The summed E-state index contributed by atoms with van der Waals surface area (Å²) in [7, 11) is 0. The van der Waals surface area contributed by atoms with E-state index in [1.54, 1.807) is 6.92 Å². The van der Waals surface area contributed by atoms with E-state index in [-0.39, 0.29) is 23.5 Å². The van der Waals surface area contributed by atoms with Crippen LogP contribution in [0.4, 0.5) is 0 Å². The first-order valence-electron chi connectivity index (χ1n) is 14.4. The van der Waals surface area contributed by atoms with Gasteiger partial charge < -0.3 is 9.47 Å². The van der Waals surface area contributed by atoms with Crippen molar-refractivity contribution >= 4 is 27.9 Å². The average Bonchev–Trinajstić information content (AvgIpc) is 3.15. The third-order valence-electron chi connectivity index (χ3n) is 9.56. The lowest BCUT2D eigenvalue weighted by molar-refractivity contribution is -0.155. The van der Waals surface area contributed by atoms with Crippen molar-refractivity contribution < 1.29 is 19.1 Å². The van der Waals surface area contributed by atoms with E-state index in [4.69, 9.17) is 9.47 Å². The van der Waals surface area contributed by atoms with E-state index in [0.29, 0.717) is 29.4 Å². The Morgan fingerprint density at radius 3 is 2.39 bits per heavy atom. The smallest absolute Gasteiger partial charge is 0.308 e. The molecule has 3 aliphatic rings. The van der Waals surface area contributed by atoms with Crippen molar-refractivity contribution in [1.82, 2.24) is 0 Å². The van der Waals surface area contributed by atoms with Gasteiger partial charge in [-0.2, -0.15) is 0 Å². The van der Waals surface area contributed by atoms with E-state index < -0.39 is 0 Å². The number of alkyl halides is 1. The standard InChI is InChI=1S/C31H45BrO4/c1-21(33)35-25-12-13-26-24(20-25)19-23(11-9-7-5-4-6-8-10-18-32)30-27(26)16-17-31(3)28(30)14-15-29(31)36-22(2)34/h12-13,20,23,27-30H,4-11,14-19H2,1-3H3/t23-,27-,28+,29+,30-,31+/m1/s1. The summed E-state index contributed by atoms with van der Waals surface area (Å²) in [5.41, 5.74) is 2.94. The first kappa shape index (κ1) is 27.7. The summed E-state index contributed by atoms with van der Waals surface area (Å²) in [6.45, 7) is 5.43. The average molecular weight is 562 g/mol. The van der Waals surface area contributed by atoms with Crippen LogP contribution in [0.25, 0.3) is 0 Å². The number of benzene rings is 1. The predicted octanol–water partition coefficient (Wildman–Crippen LogP) is 8.14. The molecule has 0 N–H and O–H groups in total. The number of hydrogen-bond acceptors (Lipinski definition) is 4. The fraction of sp³-hybridized carbons (Fsp3) is 0.742. The zero-order valence-electron chi connectivity index (χ0n) is 22.5. The molecule has 2 saturated carbocycles. The number of carbonyl (C=O) groups excluding carboxylic acids is 2. The van der Waals surface area contributed by atoms with Gasteiger partial charge in [0.05, 0.1) is 0 Å². The van der Waals surface area contributed by atoms with Crippen molar-refractivity contribution in [3.8, 4) is 5.75 Å². The molecular formula is C31H45BrO4. The molecule has 5 heteroatoms. The fourth-order valence-electron chi connectivity index (χ4n) is 8.01. The van der Waals surface area contributed by atoms with E-state index in [0.717, 1.165) is 31.0 Å². The van der Waals surface area contributed by atoms with Gasteiger partial charge in [0.15, 0.2) is 0 Å². The van der Waals surface area contributed by atoms with E-state index >= 15 is 0 Å². The van der Waals surface area contributed by atoms with Crippen LogP contribution in [0, 0.1) is 23.2 Å². The minimum absolute atomic E-state index is 0.0638. The molecule has 4 rings (SSSR count). The van der Waals surface area contributed by atoms with Crippen LogP contribution >= 0.6 is 15.9 Å². The number of unbranched alkanes of at least 4 members (excludes halogenated alkanes) is 6. The van der Waals surface area contributed by atoms with Crippen LogP contribution in [-0.4, -0.2) is 23.4 Å². The van der Waals surface area contributed by atoms with Crippen molar-refractivity contribution in [1.29, 1.82) is 0 Å². The van der Waals surface area contributed by atoms with Gasteiger partial charge in [0, 0.05) is 24.6 Å². The number of fused-ring (bicyclic) bond motifs is 5. The van der Waals surface area contributed by atoms with Gasteiger partial charge in [-0.05, 0) is 91.9 Å². The zero-order chi connectivity index (χ0) is 25.7. The molecule has 0 spiro atoms. The van der Waals surface area contributed by atoms with Gasteiger partial charge in [-0.25, -0.2) is 0 Å². The van der Waals surface area contributed by atoms with E-state index in [1.165, 1.54) is 75.8 Å². The summed E-state index contributed by atoms with van der Waals surface area (Å²) >= 11 is 3.53. The molecule has 1 aromatic rings. The van der Waals surface area contributed by atoms with Crippen LogP contribution in [0.1, 0.15) is 115 Å². The van der Waals surface area contributed by atoms with Crippen molar-refractivity contribution in [2.24, 2.45) is 23.2 Å². The summed E-state index contributed by atoms with van der Waals surface area (Å²) in [6.07, 6.45) is 16.1. The maximum atomic E-state index is 11.9. The van der Waals surface area contributed by atoms with Gasteiger partial charge in [-0.15, -0.1) is 0 Å². The topological polar surface area (TPSA) is 52.6 Å². The second-order valence-electron chi connectivity index (χ2n) is 11.9. The summed E-state index contributed by atoms with van der Waals surface area (Å²) in [5.74, 6) is 2.74. The van der Waals surface area contributed by atoms with Crippen LogP contribution < -0.4 is 4.74 Å². The number of carbonyl (C=O) groups is 2. The number of hydrogen-bond donors (Lipinski definition) is 0. The summed E-state index contributed by atoms with van der Waals surface area (Å²) < 4.78 is 11.3. The van der Waals surface area contributed by atoms with Gasteiger partial charge in [-0.1, -0.05) is 67.4 Å². The first-order chi connectivity index (χ1) is 17.3. The van der Waals surface area contributed by atoms with Crippen molar-refractivity contribution in [3.63, 3.8) is 0 Å². The summed E-state index contributed by atoms with van der Waals surface area (Å²) in [5, 5.41) is 1.12.